The van der Waals surface area contributed by atoms with Crippen LogP contribution < -0.4 is 15.0 Å². The Balaban J connectivity index is 2.01. The van der Waals surface area contributed by atoms with Crippen LogP contribution in [0.2, 0.25) is 0 Å². The fraction of sp³-hybridized carbons (Fsp3) is 0.143. The second-order valence-electron chi connectivity index (χ2n) is 4.30. The van der Waals surface area contributed by atoms with Crippen molar-refractivity contribution in [1.82, 2.24) is 4.98 Å². The van der Waals surface area contributed by atoms with Crippen molar-refractivity contribution in [2.24, 2.45) is 0 Å². The lowest BCUT2D eigenvalue weighted by Crippen LogP contribution is -2.38. The van der Waals surface area contributed by atoms with E-state index < -0.39 is 5.82 Å². The molecule has 0 saturated heterocycles. The van der Waals surface area contributed by atoms with Crippen molar-refractivity contribution in [3.05, 3.63) is 48.0 Å². The van der Waals surface area contributed by atoms with Crippen LogP contribution in [0.4, 0.5) is 15.8 Å². The van der Waals surface area contributed by atoms with E-state index in [2.05, 4.69) is 10.3 Å². The Labute approximate surface area is 115 Å². The molecule has 0 aliphatic carbocycles. The van der Waals surface area contributed by atoms with Gasteiger partial charge in [0.15, 0.2) is 6.73 Å². The fourth-order valence-electron chi connectivity index (χ4n) is 2.07. The topological polar surface area (TPSA) is 54.5 Å². The Morgan fingerprint density at radius 2 is 2.30 bits per heavy atom. The molecule has 1 aromatic heterocycles. The minimum absolute atomic E-state index is 0.0757. The molecule has 0 fully saturated rings. The van der Waals surface area contributed by atoms with Crippen LogP contribution in [-0.2, 0) is 0 Å². The average molecular weight is 273 g/mol. The summed E-state index contributed by atoms with van der Waals surface area (Å²) in [6.45, 7) is 0.0757. The van der Waals surface area contributed by atoms with Gasteiger partial charge in [0.25, 0.3) is 5.91 Å². The van der Waals surface area contributed by atoms with Crippen molar-refractivity contribution in [2.45, 2.75) is 0 Å². The zero-order chi connectivity index (χ0) is 14.1. The number of carbonyl (C=O) groups excluding carboxylic acids is 1. The first-order chi connectivity index (χ1) is 9.70. The molecule has 102 valence electrons. The van der Waals surface area contributed by atoms with Crippen LogP contribution in [-0.4, -0.2) is 24.7 Å². The van der Waals surface area contributed by atoms with Gasteiger partial charge in [-0.2, -0.15) is 0 Å². The molecule has 0 atom stereocenters. The van der Waals surface area contributed by atoms with E-state index in [-0.39, 0.29) is 18.2 Å². The van der Waals surface area contributed by atoms with Gasteiger partial charge in [-0.25, -0.2) is 4.39 Å². The number of fused-ring (bicyclic) bond motifs is 1. The monoisotopic (exact) mass is 273 g/mol. The number of carbonyl (C=O) groups is 1. The number of ether oxygens (including phenoxy) is 1. The molecule has 0 bridgehead atoms. The van der Waals surface area contributed by atoms with Crippen LogP contribution >= 0.6 is 0 Å². The molecule has 1 amide bonds. The summed E-state index contributed by atoms with van der Waals surface area (Å²) >= 11 is 0. The highest BCUT2D eigenvalue weighted by molar-refractivity contribution is 6.08. The van der Waals surface area contributed by atoms with Crippen molar-refractivity contribution < 1.29 is 13.9 Å². The van der Waals surface area contributed by atoms with Crippen LogP contribution in [0.5, 0.6) is 5.75 Å². The normalized spacial score (nSPS) is 13.7. The molecule has 6 heteroatoms. The number of hydrogen-bond donors (Lipinski definition) is 1. The molecule has 0 saturated carbocycles. The summed E-state index contributed by atoms with van der Waals surface area (Å²) in [6, 6.07) is 6.15. The van der Waals surface area contributed by atoms with Gasteiger partial charge in [0.05, 0.1) is 23.1 Å². The second kappa shape index (κ2) is 4.80. The molecule has 2 aromatic rings. The van der Waals surface area contributed by atoms with Crippen molar-refractivity contribution in [1.29, 1.82) is 0 Å². The number of hydrogen-bond acceptors (Lipinski definition) is 4. The third-order valence-electron chi connectivity index (χ3n) is 3.12. The highest BCUT2D eigenvalue weighted by atomic mass is 19.1. The van der Waals surface area contributed by atoms with E-state index in [1.807, 2.05) is 0 Å². The van der Waals surface area contributed by atoms with Gasteiger partial charge < -0.3 is 10.1 Å². The zero-order valence-corrected chi connectivity index (χ0v) is 10.8. The Morgan fingerprint density at radius 1 is 1.45 bits per heavy atom. The van der Waals surface area contributed by atoms with Gasteiger partial charge in [0.2, 0.25) is 0 Å². The van der Waals surface area contributed by atoms with E-state index in [1.165, 1.54) is 17.0 Å². The van der Waals surface area contributed by atoms with Crippen LogP contribution in [0, 0.1) is 5.82 Å². The molecule has 2 heterocycles. The Hall–Kier alpha value is -2.63. The Morgan fingerprint density at radius 3 is 3.00 bits per heavy atom. The van der Waals surface area contributed by atoms with E-state index in [9.17, 15) is 9.18 Å². The lowest BCUT2D eigenvalue weighted by molar-refractivity contribution is 0.0936. The standard InChI is InChI=1S/C14H12FN3O2/c1-16-12-6-13-10(5-11(12)15)14(19)18(8-20-13)9-3-2-4-17-7-9/h2-7,16H,8H2,1H3. The number of rotatable bonds is 2. The smallest absolute Gasteiger partial charge is 0.264 e. The summed E-state index contributed by atoms with van der Waals surface area (Å²) in [5, 5.41) is 2.71. The number of anilines is 2. The molecular formula is C14H12FN3O2. The van der Waals surface area contributed by atoms with Gasteiger partial charge in [0, 0.05) is 19.3 Å². The van der Waals surface area contributed by atoms with Gasteiger partial charge in [-0.05, 0) is 18.2 Å². The van der Waals surface area contributed by atoms with Crippen LogP contribution in [0.25, 0.3) is 0 Å². The van der Waals surface area contributed by atoms with Crippen molar-refractivity contribution in [3.8, 4) is 5.75 Å². The lowest BCUT2D eigenvalue weighted by atomic mass is 10.1. The summed E-state index contributed by atoms with van der Waals surface area (Å²) in [5.74, 6) is -0.419. The van der Waals surface area contributed by atoms with Crippen molar-refractivity contribution in [3.63, 3.8) is 0 Å². The highest BCUT2D eigenvalue weighted by Crippen LogP contribution is 2.32. The molecule has 3 rings (SSSR count). The molecular weight excluding hydrogens is 261 g/mol. The molecule has 1 aliphatic heterocycles. The molecule has 5 nitrogen and oxygen atoms in total. The first-order valence-electron chi connectivity index (χ1n) is 6.06. The molecule has 20 heavy (non-hydrogen) atoms. The van der Waals surface area contributed by atoms with Crippen molar-refractivity contribution in [2.75, 3.05) is 24.0 Å². The minimum Gasteiger partial charge on any atom is -0.472 e. The van der Waals surface area contributed by atoms with Gasteiger partial charge in [0.1, 0.15) is 11.6 Å². The lowest BCUT2D eigenvalue weighted by Gasteiger charge is -2.28. The third-order valence-corrected chi connectivity index (χ3v) is 3.12. The fourth-order valence-corrected chi connectivity index (χ4v) is 2.07. The Kier molecular flexibility index (Phi) is 2.98. The molecule has 0 spiro atoms. The maximum Gasteiger partial charge on any atom is 0.264 e. The Bertz CT molecular complexity index is 661. The summed E-state index contributed by atoms with van der Waals surface area (Å²) in [5.41, 5.74) is 1.12. The number of aromatic nitrogens is 1. The van der Waals surface area contributed by atoms with Gasteiger partial charge in [-0.1, -0.05) is 0 Å². The predicted octanol–water partition coefficient (Wildman–Crippen LogP) is 2.26. The predicted molar refractivity (Wildman–Crippen MR) is 72.5 cm³/mol. The third kappa shape index (κ3) is 1.95. The van der Waals surface area contributed by atoms with Crippen LogP contribution in [0.1, 0.15) is 10.4 Å². The maximum absolute atomic E-state index is 13.8. The molecule has 1 aliphatic rings. The number of nitrogens with one attached hydrogen (secondary N) is 1. The van der Waals surface area contributed by atoms with E-state index >= 15 is 0 Å². The number of benzene rings is 1. The number of nitrogens with zero attached hydrogens (tertiary/aromatic N) is 2. The number of amides is 1. The largest absolute Gasteiger partial charge is 0.472 e. The van der Waals surface area contributed by atoms with Gasteiger partial charge in [-0.3, -0.25) is 14.7 Å². The number of pyridine rings is 1. The van der Waals surface area contributed by atoms with E-state index in [1.54, 1.807) is 31.6 Å². The summed E-state index contributed by atoms with van der Waals surface area (Å²) in [4.78, 5) is 17.8. The van der Waals surface area contributed by atoms with Crippen molar-refractivity contribution >= 4 is 17.3 Å². The second-order valence-corrected chi connectivity index (χ2v) is 4.30. The SMILES string of the molecule is CNc1cc2c(cc1F)C(=O)N(c1cccnc1)CO2. The van der Waals surface area contributed by atoms with Crippen LogP contribution in [0.15, 0.2) is 36.7 Å². The summed E-state index contributed by atoms with van der Waals surface area (Å²) in [7, 11) is 1.61. The van der Waals surface area contributed by atoms with E-state index in [0.717, 1.165) is 0 Å². The van der Waals surface area contributed by atoms with Gasteiger partial charge >= 0.3 is 0 Å². The quantitative estimate of drug-likeness (QED) is 0.912. The zero-order valence-electron chi connectivity index (χ0n) is 10.8. The first kappa shape index (κ1) is 12.4. The minimum atomic E-state index is -0.490. The molecule has 1 N–H and O–H groups in total. The first-order valence-corrected chi connectivity index (χ1v) is 6.06. The summed E-state index contributed by atoms with van der Waals surface area (Å²) in [6.07, 6.45) is 3.18. The van der Waals surface area contributed by atoms with E-state index in [4.69, 9.17) is 4.74 Å². The maximum atomic E-state index is 13.8. The molecule has 0 radical (unpaired) electrons. The highest BCUT2D eigenvalue weighted by Gasteiger charge is 2.28. The van der Waals surface area contributed by atoms with E-state index in [0.29, 0.717) is 17.1 Å². The number of halogens is 1. The van der Waals surface area contributed by atoms with Gasteiger partial charge in [-0.15, -0.1) is 0 Å². The molecule has 0 unspecified atom stereocenters. The van der Waals surface area contributed by atoms with Crippen LogP contribution in [0.3, 0.4) is 0 Å². The summed E-state index contributed by atoms with van der Waals surface area (Å²) < 4.78 is 19.3. The average Bonchev–Trinajstić information content (AvgIpc) is 2.48. The molecule has 1 aromatic carbocycles.